The molecule has 1 aromatic carbocycles. The molecule has 0 saturated heterocycles. The summed E-state index contributed by atoms with van der Waals surface area (Å²) in [5, 5.41) is 8.46. The Kier molecular flexibility index (Phi) is 4.16. The fraction of sp³-hybridized carbons (Fsp3) is 0.308. The summed E-state index contributed by atoms with van der Waals surface area (Å²) >= 11 is 6.03. The maximum absolute atomic E-state index is 6.03. The number of rotatable bonds is 4. The summed E-state index contributed by atoms with van der Waals surface area (Å²) in [5.74, 6) is 0.359. The fourth-order valence-electron chi connectivity index (χ4n) is 1.69. The summed E-state index contributed by atoms with van der Waals surface area (Å²) < 4.78 is 5.54. The number of aryl methyl sites for hydroxylation is 2. The van der Waals surface area contributed by atoms with E-state index in [4.69, 9.17) is 22.1 Å². The Balaban J connectivity index is 2.33. The minimum Gasteiger partial charge on any atom is -0.419 e. The number of nitrogens with zero attached hydrogens (tertiary/aromatic N) is 3. The predicted molar refractivity (Wildman–Crippen MR) is 74.5 cm³/mol. The number of hydrogen-bond donors (Lipinski definition) is 1. The molecule has 5 nitrogen and oxygen atoms in total. The SMILES string of the molecule is CCc1nnc(Oc2c(N)cccc2Cl)nc1CC. The average molecular weight is 279 g/mol. The molecule has 0 aliphatic heterocycles. The van der Waals surface area contributed by atoms with Gasteiger partial charge in [-0.3, -0.25) is 0 Å². The maximum Gasteiger partial charge on any atom is 0.341 e. The van der Waals surface area contributed by atoms with Crippen molar-refractivity contribution in [1.82, 2.24) is 15.2 Å². The Morgan fingerprint density at radius 2 is 1.89 bits per heavy atom. The van der Waals surface area contributed by atoms with Gasteiger partial charge >= 0.3 is 6.01 Å². The molecular formula is C13H15ClN4O. The maximum atomic E-state index is 6.03. The van der Waals surface area contributed by atoms with Crippen LogP contribution in [0.25, 0.3) is 0 Å². The number of anilines is 1. The van der Waals surface area contributed by atoms with E-state index in [1.807, 2.05) is 13.8 Å². The Bertz CT molecular complexity index is 569. The number of hydrogen-bond acceptors (Lipinski definition) is 5. The van der Waals surface area contributed by atoms with E-state index in [9.17, 15) is 0 Å². The molecule has 0 radical (unpaired) electrons. The summed E-state index contributed by atoms with van der Waals surface area (Å²) in [6, 6.07) is 5.31. The molecule has 2 N–H and O–H groups in total. The van der Waals surface area contributed by atoms with Gasteiger partial charge in [0.25, 0.3) is 0 Å². The molecule has 0 saturated carbocycles. The third kappa shape index (κ3) is 2.93. The zero-order valence-electron chi connectivity index (χ0n) is 10.9. The van der Waals surface area contributed by atoms with Crippen molar-refractivity contribution in [2.75, 3.05) is 5.73 Å². The first kappa shape index (κ1) is 13.5. The van der Waals surface area contributed by atoms with Gasteiger partial charge in [-0.15, -0.1) is 5.10 Å². The molecule has 0 unspecified atom stereocenters. The van der Waals surface area contributed by atoms with Gasteiger partial charge in [0, 0.05) is 0 Å². The van der Waals surface area contributed by atoms with Crippen LogP contribution in [-0.2, 0) is 12.8 Å². The van der Waals surface area contributed by atoms with Crippen LogP contribution < -0.4 is 10.5 Å². The van der Waals surface area contributed by atoms with Crippen molar-refractivity contribution in [3.63, 3.8) is 0 Å². The summed E-state index contributed by atoms with van der Waals surface area (Å²) in [7, 11) is 0. The van der Waals surface area contributed by atoms with Crippen LogP contribution in [0.2, 0.25) is 5.02 Å². The highest BCUT2D eigenvalue weighted by Gasteiger charge is 2.11. The monoisotopic (exact) mass is 278 g/mol. The Hall–Kier alpha value is -1.88. The molecule has 0 aliphatic rings. The molecule has 19 heavy (non-hydrogen) atoms. The van der Waals surface area contributed by atoms with E-state index >= 15 is 0 Å². The molecule has 0 aliphatic carbocycles. The Morgan fingerprint density at radius 3 is 2.53 bits per heavy atom. The highest BCUT2D eigenvalue weighted by Crippen LogP contribution is 2.33. The van der Waals surface area contributed by atoms with Crippen LogP contribution in [-0.4, -0.2) is 15.2 Å². The first-order chi connectivity index (χ1) is 9.15. The number of ether oxygens (including phenoxy) is 1. The van der Waals surface area contributed by atoms with Crippen LogP contribution in [0.3, 0.4) is 0 Å². The molecule has 0 fully saturated rings. The molecule has 6 heteroatoms. The van der Waals surface area contributed by atoms with Crippen LogP contribution in [0, 0.1) is 0 Å². The van der Waals surface area contributed by atoms with Crippen LogP contribution in [0.4, 0.5) is 5.69 Å². The van der Waals surface area contributed by atoms with Gasteiger partial charge in [0.1, 0.15) is 0 Å². The van der Waals surface area contributed by atoms with Crippen LogP contribution in [0.15, 0.2) is 18.2 Å². The van der Waals surface area contributed by atoms with Gasteiger partial charge in [-0.1, -0.05) is 36.6 Å². The van der Waals surface area contributed by atoms with E-state index in [-0.39, 0.29) is 6.01 Å². The third-order valence-corrected chi connectivity index (χ3v) is 2.98. The zero-order valence-corrected chi connectivity index (χ0v) is 11.6. The molecule has 0 amide bonds. The number of halogens is 1. The molecule has 100 valence electrons. The second-order valence-electron chi connectivity index (χ2n) is 3.96. The highest BCUT2D eigenvalue weighted by atomic mass is 35.5. The molecular weight excluding hydrogens is 264 g/mol. The lowest BCUT2D eigenvalue weighted by Gasteiger charge is -2.09. The summed E-state index contributed by atoms with van der Waals surface area (Å²) in [6.07, 6.45) is 1.56. The lowest BCUT2D eigenvalue weighted by Crippen LogP contribution is -2.05. The summed E-state index contributed by atoms with van der Waals surface area (Å²) in [6.45, 7) is 4.02. The molecule has 1 aromatic heterocycles. The largest absolute Gasteiger partial charge is 0.419 e. The van der Waals surface area contributed by atoms with Crippen molar-refractivity contribution < 1.29 is 4.74 Å². The van der Waals surface area contributed by atoms with Crippen molar-refractivity contribution in [3.8, 4) is 11.8 Å². The molecule has 1 heterocycles. The Morgan fingerprint density at radius 1 is 1.16 bits per heavy atom. The van der Waals surface area contributed by atoms with E-state index < -0.39 is 0 Å². The lowest BCUT2D eigenvalue weighted by atomic mass is 10.2. The van der Waals surface area contributed by atoms with E-state index in [0.29, 0.717) is 16.5 Å². The summed E-state index contributed by atoms with van der Waals surface area (Å²) in [4.78, 5) is 4.33. The number of para-hydroxylation sites is 1. The van der Waals surface area contributed by atoms with Gasteiger partial charge in [0.15, 0.2) is 5.75 Å². The Labute approximate surface area is 116 Å². The topological polar surface area (TPSA) is 73.9 Å². The minimum absolute atomic E-state index is 0.161. The first-order valence-corrected chi connectivity index (χ1v) is 6.47. The minimum atomic E-state index is 0.161. The van der Waals surface area contributed by atoms with Gasteiger partial charge in [-0.25, -0.2) is 0 Å². The highest BCUT2D eigenvalue weighted by molar-refractivity contribution is 6.32. The average Bonchev–Trinajstić information content (AvgIpc) is 2.42. The third-order valence-electron chi connectivity index (χ3n) is 2.68. The molecule has 0 bridgehead atoms. The number of benzene rings is 1. The number of aromatic nitrogens is 3. The van der Waals surface area contributed by atoms with E-state index in [1.165, 1.54) is 0 Å². The molecule has 0 spiro atoms. The quantitative estimate of drug-likeness (QED) is 0.870. The zero-order chi connectivity index (χ0) is 13.8. The first-order valence-electron chi connectivity index (χ1n) is 6.10. The predicted octanol–water partition coefficient (Wildman–Crippen LogP) is 3.02. The van der Waals surface area contributed by atoms with Crippen molar-refractivity contribution in [2.24, 2.45) is 0 Å². The van der Waals surface area contributed by atoms with Gasteiger partial charge in [-0.05, 0) is 25.0 Å². The molecule has 0 atom stereocenters. The fourth-order valence-corrected chi connectivity index (χ4v) is 1.91. The molecule has 2 aromatic rings. The second kappa shape index (κ2) is 5.84. The van der Waals surface area contributed by atoms with Crippen LogP contribution in [0.5, 0.6) is 11.8 Å². The van der Waals surface area contributed by atoms with Gasteiger partial charge in [-0.2, -0.15) is 4.98 Å². The van der Waals surface area contributed by atoms with Gasteiger partial charge in [0.2, 0.25) is 0 Å². The number of nitrogens with two attached hydrogens (primary N) is 1. The smallest absolute Gasteiger partial charge is 0.341 e. The van der Waals surface area contributed by atoms with Gasteiger partial charge < -0.3 is 10.5 Å². The second-order valence-corrected chi connectivity index (χ2v) is 4.36. The van der Waals surface area contributed by atoms with Gasteiger partial charge in [0.05, 0.1) is 22.1 Å². The lowest BCUT2D eigenvalue weighted by molar-refractivity contribution is 0.430. The summed E-state index contributed by atoms with van der Waals surface area (Å²) in [5.41, 5.74) is 8.00. The normalized spacial score (nSPS) is 10.5. The van der Waals surface area contributed by atoms with E-state index in [0.717, 1.165) is 24.2 Å². The van der Waals surface area contributed by atoms with Crippen LogP contribution >= 0.6 is 11.6 Å². The van der Waals surface area contributed by atoms with Crippen molar-refractivity contribution in [3.05, 3.63) is 34.6 Å². The number of nitrogen functional groups attached to an aromatic ring is 1. The van der Waals surface area contributed by atoms with Crippen molar-refractivity contribution >= 4 is 17.3 Å². The van der Waals surface area contributed by atoms with Crippen LogP contribution in [0.1, 0.15) is 25.2 Å². The van der Waals surface area contributed by atoms with E-state index in [1.54, 1.807) is 18.2 Å². The van der Waals surface area contributed by atoms with Crippen molar-refractivity contribution in [1.29, 1.82) is 0 Å². The van der Waals surface area contributed by atoms with Crippen molar-refractivity contribution in [2.45, 2.75) is 26.7 Å². The standard InChI is InChI=1S/C13H15ClN4O/c1-3-10-11(4-2)17-18-13(16-10)19-12-8(14)6-5-7-9(12)15/h5-7H,3-4,15H2,1-2H3. The van der Waals surface area contributed by atoms with E-state index in [2.05, 4.69) is 15.2 Å². The molecule has 2 rings (SSSR count).